The van der Waals surface area contributed by atoms with Crippen molar-refractivity contribution in [1.82, 2.24) is 50.7 Å². The monoisotopic (exact) mass is 1090 g/mol. The number of fused-ring (bicyclic) bond motifs is 2. The molecule has 6 atom stereocenters. The Hall–Kier alpha value is -7.60. The standard InChI is InChI=1S/C53H57F5N10O8S/c1-29-45(77-28-61-29)33-10-6-31(7-11-33)21-60-47(73)41-19-37(69)25-67(41)48(74)46(51(3,4)5)63-42(70)16-17-59-43(71)26-65-24-35(22-62-65)34-12-15-39-38(18-34)40(55)20-52(39)49(75)68(50(76)64-52)27-44(72)66(30(2)53(56,57)58)23-32-8-13-36(54)14-9-32/h6-15,18,22,24,28,30,37,40-41,46,69H,16-17,19-21,23,25-27H2,1-5H3,(H,59,71)(H,60,73)(H,63,70)(H,64,76)/t30-,37+,40+,41-,46+,52-/m0/s1. The van der Waals surface area contributed by atoms with E-state index in [2.05, 4.69) is 31.3 Å². The average molecular weight is 1090 g/mol. The highest BCUT2D eigenvalue weighted by atomic mass is 32.1. The Labute approximate surface area is 443 Å². The van der Waals surface area contributed by atoms with Crippen LogP contribution in [0.25, 0.3) is 21.6 Å². The molecule has 0 bridgehead atoms. The molecule has 0 saturated carbocycles. The van der Waals surface area contributed by atoms with E-state index in [1.165, 1.54) is 63.6 Å². The molecule has 0 radical (unpaired) electrons. The van der Waals surface area contributed by atoms with E-state index in [1.54, 1.807) is 26.3 Å². The number of urea groups is 1. The summed E-state index contributed by atoms with van der Waals surface area (Å²) in [6.45, 7) is 5.91. The van der Waals surface area contributed by atoms with E-state index in [-0.39, 0.29) is 55.7 Å². The minimum absolute atomic E-state index is 0.0148. The molecule has 2 saturated heterocycles. The summed E-state index contributed by atoms with van der Waals surface area (Å²) >= 11 is 1.53. The van der Waals surface area contributed by atoms with Gasteiger partial charge >= 0.3 is 12.2 Å². The number of likely N-dealkylation sites (tertiary alicyclic amines) is 1. The lowest BCUT2D eigenvalue weighted by Gasteiger charge is -2.35. The highest BCUT2D eigenvalue weighted by Crippen LogP contribution is 2.49. The fourth-order valence-corrected chi connectivity index (χ4v) is 10.5. The molecule has 18 nitrogen and oxygen atoms in total. The zero-order valence-corrected chi connectivity index (χ0v) is 43.4. The Kier molecular flexibility index (Phi) is 16.0. The number of amides is 8. The third-order valence-corrected chi connectivity index (χ3v) is 15.0. The van der Waals surface area contributed by atoms with Gasteiger partial charge in [-0.2, -0.15) is 18.3 Å². The Balaban J connectivity index is 0.834. The number of aliphatic hydroxyl groups excluding tert-OH is 1. The van der Waals surface area contributed by atoms with Gasteiger partial charge in [-0.15, -0.1) is 11.3 Å². The maximum atomic E-state index is 15.9. The maximum Gasteiger partial charge on any atom is 0.408 e. The van der Waals surface area contributed by atoms with Gasteiger partial charge in [0.25, 0.3) is 5.91 Å². The lowest BCUT2D eigenvalue weighted by atomic mass is 9.85. The number of benzene rings is 3. The number of nitrogens with zero attached hydrogens (tertiary/aromatic N) is 6. The summed E-state index contributed by atoms with van der Waals surface area (Å²) in [4.78, 5) is 102. The Morgan fingerprint density at radius 1 is 0.935 bits per heavy atom. The molecular formula is C53H57F5N10O8S. The fraction of sp³-hybridized carbons (Fsp3) is 0.415. The number of rotatable bonds is 17. The molecule has 0 unspecified atom stereocenters. The number of imide groups is 1. The third-order valence-electron chi connectivity index (χ3n) is 14.0. The van der Waals surface area contributed by atoms with Crippen LogP contribution < -0.4 is 21.3 Å². The van der Waals surface area contributed by atoms with Crippen molar-refractivity contribution in [3.8, 4) is 21.6 Å². The molecule has 5 N–H and O–H groups in total. The van der Waals surface area contributed by atoms with E-state index in [0.29, 0.717) is 20.9 Å². The summed E-state index contributed by atoms with van der Waals surface area (Å²) < 4.78 is 72.5. The Morgan fingerprint density at radius 2 is 1.62 bits per heavy atom. The number of thiazole rings is 1. The molecule has 3 aliphatic rings. The molecule has 8 rings (SSSR count). The van der Waals surface area contributed by atoms with Gasteiger partial charge in [0.15, 0.2) is 0 Å². The fourth-order valence-electron chi connectivity index (χ4n) is 9.73. The van der Waals surface area contributed by atoms with E-state index >= 15 is 4.39 Å². The number of carbonyl (C=O) groups is 7. The van der Waals surface area contributed by atoms with Gasteiger partial charge in [0.05, 0.1) is 28.4 Å². The van der Waals surface area contributed by atoms with Crippen LogP contribution in [-0.4, -0.2) is 126 Å². The number of carbonyl (C=O) groups excluding carboxylic acids is 7. The van der Waals surface area contributed by atoms with Gasteiger partial charge in [-0.25, -0.2) is 18.6 Å². The average Bonchev–Trinajstić information content (AvgIpc) is 4.32. The van der Waals surface area contributed by atoms with Gasteiger partial charge in [-0.1, -0.05) is 69.3 Å². The summed E-state index contributed by atoms with van der Waals surface area (Å²) in [5.74, 6) is -4.97. The second kappa shape index (κ2) is 22.2. The molecule has 408 valence electrons. The van der Waals surface area contributed by atoms with E-state index in [1.807, 2.05) is 31.2 Å². The zero-order valence-electron chi connectivity index (χ0n) is 42.6. The molecule has 8 amide bonds. The second-order valence-corrected chi connectivity index (χ2v) is 21.4. The maximum absolute atomic E-state index is 15.9. The third kappa shape index (κ3) is 12.2. The van der Waals surface area contributed by atoms with E-state index < -0.39 is 114 Å². The molecule has 77 heavy (non-hydrogen) atoms. The summed E-state index contributed by atoms with van der Waals surface area (Å²) in [5, 5.41) is 25.6. The predicted molar refractivity (Wildman–Crippen MR) is 270 cm³/mol. The molecule has 24 heteroatoms. The van der Waals surface area contributed by atoms with Crippen molar-refractivity contribution < 1.29 is 60.6 Å². The summed E-state index contributed by atoms with van der Waals surface area (Å²) in [6.07, 6.45) is -5.48. The van der Waals surface area contributed by atoms with Crippen molar-refractivity contribution in [2.75, 3.05) is 19.6 Å². The summed E-state index contributed by atoms with van der Waals surface area (Å²) in [7, 11) is 0. The predicted octanol–water partition coefficient (Wildman–Crippen LogP) is 5.58. The Bertz CT molecular complexity index is 3070. The zero-order chi connectivity index (χ0) is 55.7. The van der Waals surface area contributed by atoms with Crippen molar-refractivity contribution in [1.29, 1.82) is 0 Å². The summed E-state index contributed by atoms with van der Waals surface area (Å²) in [5.41, 5.74) is 2.91. The van der Waals surface area contributed by atoms with Crippen LogP contribution in [0.5, 0.6) is 0 Å². The second-order valence-electron chi connectivity index (χ2n) is 20.5. The summed E-state index contributed by atoms with van der Waals surface area (Å²) in [6, 6.07) is 11.0. The number of β-amino-alcohol motifs (C(OH)–C–C–N with tert-alkyl or cyclic N) is 1. The molecule has 2 aromatic heterocycles. The van der Waals surface area contributed by atoms with Crippen LogP contribution in [0.1, 0.15) is 81.1 Å². The number of nitrogens with one attached hydrogen (secondary N) is 4. The number of hydrogen-bond donors (Lipinski definition) is 5. The molecular weight excluding hydrogens is 1030 g/mol. The molecule has 3 aromatic carbocycles. The first kappa shape index (κ1) is 55.6. The largest absolute Gasteiger partial charge is 0.408 e. The lowest BCUT2D eigenvalue weighted by molar-refractivity contribution is -0.187. The number of halogens is 5. The van der Waals surface area contributed by atoms with Crippen molar-refractivity contribution in [3.63, 3.8) is 0 Å². The van der Waals surface area contributed by atoms with Crippen LogP contribution in [0, 0.1) is 18.2 Å². The first-order valence-corrected chi connectivity index (χ1v) is 25.6. The van der Waals surface area contributed by atoms with Gasteiger partial charge in [0.2, 0.25) is 29.5 Å². The SMILES string of the molecule is Cc1ncsc1-c1ccc(CNC(=O)[C@@H]2C[C@@H](O)CN2C(=O)[C@@H](NC(=O)CCNC(=O)Cn2cc(-c3ccc4c(c3)[C@H](F)C[C@]43NC(=O)N(CC(=O)N(Cc4ccc(F)cc4)[C@@H](C)C(F)(F)F)C3=O)cn2)C(C)(C)C)cc1. The molecule has 2 aliphatic heterocycles. The molecule has 2 fully saturated rings. The van der Waals surface area contributed by atoms with Crippen molar-refractivity contribution in [2.45, 2.75) is 116 Å². The minimum atomic E-state index is -4.89. The molecule has 1 aliphatic carbocycles. The van der Waals surface area contributed by atoms with Gasteiger partial charge in [0.1, 0.15) is 48.7 Å². The van der Waals surface area contributed by atoms with E-state index in [4.69, 9.17) is 0 Å². The highest BCUT2D eigenvalue weighted by Gasteiger charge is 2.59. The molecule has 1 spiro atoms. The number of aromatic nitrogens is 3. The minimum Gasteiger partial charge on any atom is -0.391 e. The Morgan fingerprint density at radius 3 is 2.29 bits per heavy atom. The van der Waals surface area contributed by atoms with Gasteiger partial charge in [-0.3, -0.25) is 38.3 Å². The van der Waals surface area contributed by atoms with E-state index in [0.717, 1.165) is 40.8 Å². The van der Waals surface area contributed by atoms with Crippen molar-refractivity contribution in [2.24, 2.45) is 5.41 Å². The van der Waals surface area contributed by atoms with Gasteiger partial charge in [-0.05, 0) is 70.8 Å². The van der Waals surface area contributed by atoms with Gasteiger partial charge in [0, 0.05) is 57.2 Å². The first-order chi connectivity index (χ1) is 36.3. The smallest absolute Gasteiger partial charge is 0.391 e. The topological polar surface area (TPSA) is 228 Å². The van der Waals surface area contributed by atoms with Crippen LogP contribution in [-0.2, 0) is 53.9 Å². The lowest BCUT2D eigenvalue weighted by Crippen LogP contribution is -2.57. The van der Waals surface area contributed by atoms with Crippen LogP contribution >= 0.6 is 11.3 Å². The number of hydrogen-bond acceptors (Lipinski definition) is 11. The first-order valence-electron chi connectivity index (χ1n) is 24.7. The highest BCUT2D eigenvalue weighted by molar-refractivity contribution is 7.13. The molecule has 5 aromatic rings. The van der Waals surface area contributed by atoms with Crippen LogP contribution in [0.15, 0.2) is 84.6 Å². The van der Waals surface area contributed by atoms with Crippen molar-refractivity contribution >= 4 is 52.8 Å². The van der Waals surface area contributed by atoms with Gasteiger partial charge < -0.3 is 36.2 Å². The normalized spacial score (nSPS) is 20.0. The van der Waals surface area contributed by atoms with Crippen molar-refractivity contribution in [3.05, 3.63) is 118 Å². The molecule has 4 heterocycles. The van der Waals surface area contributed by atoms with Crippen LogP contribution in [0.3, 0.4) is 0 Å². The number of aliphatic hydroxyl groups is 1. The van der Waals surface area contributed by atoms with E-state index in [9.17, 15) is 56.2 Å². The van der Waals surface area contributed by atoms with Crippen LogP contribution in [0.4, 0.5) is 26.7 Å². The quantitative estimate of drug-likeness (QED) is 0.0574. The number of aryl methyl sites for hydroxylation is 1. The van der Waals surface area contributed by atoms with Crippen LogP contribution in [0.2, 0.25) is 0 Å². The number of alkyl halides is 4.